The van der Waals surface area contributed by atoms with Crippen molar-refractivity contribution in [3.8, 4) is 0 Å². The zero-order valence-corrected chi connectivity index (χ0v) is 13.2. The van der Waals surface area contributed by atoms with Gasteiger partial charge in [-0.25, -0.2) is 13.1 Å². The Morgan fingerprint density at radius 2 is 2.05 bits per heavy atom. The van der Waals surface area contributed by atoms with Crippen molar-refractivity contribution in [1.29, 1.82) is 0 Å². The molecule has 0 aliphatic heterocycles. The zero-order valence-electron chi connectivity index (χ0n) is 12.4. The van der Waals surface area contributed by atoms with Crippen LogP contribution < -0.4 is 15.4 Å². The van der Waals surface area contributed by atoms with Crippen LogP contribution in [-0.4, -0.2) is 54.0 Å². The third-order valence-corrected chi connectivity index (χ3v) is 3.62. The van der Waals surface area contributed by atoms with E-state index in [4.69, 9.17) is 0 Å². The van der Waals surface area contributed by atoms with Crippen molar-refractivity contribution in [1.82, 2.24) is 24.9 Å². The topological polar surface area (TPSA) is 125 Å². The maximum absolute atomic E-state index is 11.3. The van der Waals surface area contributed by atoms with E-state index in [9.17, 15) is 8.42 Å². The SMILES string of the molecule is CNc1nc(NCC(C)(C)NS(C)(=O)=O)c2cn[nH]c2n1. The molecule has 0 atom stereocenters. The number of nitrogens with zero attached hydrogens (tertiary/aromatic N) is 3. The first kappa shape index (κ1) is 15.4. The van der Waals surface area contributed by atoms with Gasteiger partial charge in [0, 0.05) is 19.1 Å². The van der Waals surface area contributed by atoms with Gasteiger partial charge < -0.3 is 10.6 Å². The van der Waals surface area contributed by atoms with Gasteiger partial charge in [0.25, 0.3) is 0 Å². The van der Waals surface area contributed by atoms with E-state index >= 15 is 0 Å². The number of sulfonamides is 1. The first-order valence-corrected chi connectivity index (χ1v) is 8.21. The lowest BCUT2D eigenvalue weighted by Gasteiger charge is -2.25. The summed E-state index contributed by atoms with van der Waals surface area (Å²) in [5.41, 5.74) is -0.0558. The van der Waals surface area contributed by atoms with Crippen molar-refractivity contribution in [2.75, 3.05) is 30.5 Å². The van der Waals surface area contributed by atoms with Crippen molar-refractivity contribution in [2.24, 2.45) is 0 Å². The molecule has 9 nitrogen and oxygen atoms in total. The van der Waals surface area contributed by atoms with Gasteiger partial charge in [-0.3, -0.25) is 5.10 Å². The van der Waals surface area contributed by atoms with Crippen LogP contribution in [-0.2, 0) is 10.0 Å². The number of fused-ring (bicyclic) bond motifs is 1. The highest BCUT2D eigenvalue weighted by atomic mass is 32.2. The molecule has 2 rings (SSSR count). The summed E-state index contributed by atoms with van der Waals surface area (Å²) in [4.78, 5) is 8.55. The fourth-order valence-corrected chi connectivity index (χ4v) is 3.00. The lowest BCUT2D eigenvalue weighted by Crippen LogP contribution is -2.47. The maximum atomic E-state index is 11.3. The Hall–Kier alpha value is -1.94. The highest BCUT2D eigenvalue weighted by Crippen LogP contribution is 2.20. The van der Waals surface area contributed by atoms with Crippen molar-refractivity contribution in [2.45, 2.75) is 19.4 Å². The van der Waals surface area contributed by atoms with Crippen LogP contribution in [0.4, 0.5) is 11.8 Å². The van der Waals surface area contributed by atoms with E-state index in [-0.39, 0.29) is 0 Å². The minimum absolute atomic E-state index is 0.362. The quantitative estimate of drug-likeness (QED) is 0.597. The lowest BCUT2D eigenvalue weighted by atomic mass is 10.1. The number of H-pyrrole nitrogens is 1. The van der Waals surface area contributed by atoms with Gasteiger partial charge in [0.1, 0.15) is 5.82 Å². The molecule has 0 saturated heterocycles. The molecule has 0 unspecified atom stereocenters. The van der Waals surface area contributed by atoms with Crippen LogP contribution >= 0.6 is 0 Å². The first-order valence-electron chi connectivity index (χ1n) is 6.32. The van der Waals surface area contributed by atoms with Crippen LogP contribution in [0.25, 0.3) is 11.0 Å². The molecular formula is C11H19N7O2S. The summed E-state index contributed by atoms with van der Waals surface area (Å²) in [6.45, 7) is 3.93. The molecule has 10 heteroatoms. The van der Waals surface area contributed by atoms with Gasteiger partial charge in [0.15, 0.2) is 5.65 Å². The van der Waals surface area contributed by atoms with Crippen molar-refractivity contribution in [3.05, 3.63) is 6.20 Å². The second-order valence-corrected chi connectivity index (χ2v) is 7.14. The molecule has 116 valence electrons. The summed E-state index contributed by atoms with van der Waals surface area (Å²) in [6, 6.07) is 0. The third kappa shape index (κ3) is 4.02. The zero-order chi connectivity index (χ0) is 15.7. The Kier molecular flexibility index (Phi) is 4.01. The van der Waals surface area contributed by atoms with E-state index in [1.54, 1.807) is 27.1 Å². The Labute approximate surface area is 123 Å². The Balaban J connectivity index is 2.21. The number of nitrogens with one attached hydrogen (secondary N) is 4. The molecule has 21 heavy (non-hydrogen) atoms. The van der Waals surface area contributed by atoms with E-state index in [1.807, 2.05) is 0 Å². The average Bonchev–Trinajstić information content (AvgIpc) is 2.80. The van der Waals surface area contributed by atoms with Crippen LogP contribution in [0.15, 0.2) is 6.20 Å². The summed E-state index contributed by atoms with van der Waals surface area (Å²) in [7, 11) is -1.57. The Morgan fingerprint density at radius 3 is 2.67 bits per heavy atom. The Bertz CT molecular complexity index is 738. The lowest BCUT2D eigenvalue weighted by molar-refractivity contribution is 0.476. The highest BCUT2D eigenvalue weighted by Gasteiger charge is 2.22. The number of aromatic amines is 1. The molecule has 2 heterocycles. The summed E-state index contributed by atoms with van der Waals surface area (Å²) in [5, 5.41) is 13.4. The van der Waals surface area contributed by atoms with E-state index < -0.39 is 15.6 Å². The van der Waals surface area contributed by atoms with E-state index in [0.717, 1.165) is 11.6 Å². The first-order chi connectivity index (χ1) is 9.70. The van der Waals surface area contributed by atoms with Gasteiger partial charge in [0.05, 0.1) is 17.8 Å². The Morgan fingerprint density at radius 1 is 1.33 bits per heavy atom. The van der Waals surface area contributed by atoms with Gasteiger partial charge in [-0.05, 0) is 13.8 Å². The minimum atomic E-state index is -3.28. The largest absolute Gasteiger partial charge is 0.367 e. The van der Waals surface area contributed by atoms with Gasteiger partial charge in [-0.2, -0.15) is 15.1 Å². The molecule has 2 aromatic rings. The van der Waals surface area contributed by atoms with Crippen molar-refractivity contribution in [3.63, 3.8) is 0 Å². The molecule has 0 fully saturated rings. The number of rotatable bonds is 6. The molecule has 0 bridgehead atoms. The molecule has 0 amide bonds. The molecule has 0 spiro atoms. The second kappa shape index (κ2) is 5.45. The summed E-state index contributed by atoms with van der Waals surface area (Å²) < 4.78 is 25.2. The summed E-state index contributed by atoms with van der Waals surface area (Å²) in [5.74, 6) is 1.03. The van der Waals surface area contributed by atoms with Crippen LogP contribution in [0.1, 0.15) is 13.8 Å². The molecule has 0 aliphatic rings. The minimum Gasteiger partial charge on any atom is -0.367 e. The van der Waals surface area contributed by atoms with E-state index in [1.165, 1.54) is 0 Å². The molecule has 0 aromatic carbocycles. The van der Waals surface area contributed by atoms with Crippen LogP contribution in [0.3, 0.4) is 0 Å². The van der Waals surface area contributed by atoms with Crippen molar-refractivity contribution < 1.29 is 8.42 Å². The molecule has 0 saturated carbocycles. The molecular weight excluding hydrogens is 294 g/mol. The smallest absolute Gasteiger partial charge is 0.226 e. The molecule has 0 aliphatic carbocycles. The third-order valence-electron chi connectivity index (χ3n) is 2.69. The number of hydrogen-bond donors (Lipinski definition) is 4. The highest BCUT2D eigenvalue weighted by molar-refractivity contribution is 7.88. The maximum Gasteiger partial charge on any atom is 0.226 e. The fraction of sp³-hybridized carbons (Fsp3) is 0.545. The number of hydrogen-bond acceptors (Lipinski definition) is 7. The predicted octanol–water partition coefficient (Wildman–Crippen LogP) is 0.134. The van der Waals surface area contributed by atoms with Gasteiger partial charge in [0.2, 0.25) is 16.0 Å². The molecule has 4 N–H and O–H groups in total. The van der Waals surface area contributed by atoms with E-state index in [2.05, 4.69) is 35.5 Å². The molecule has 2 aromatic heterocycles. The van der Waals surface area contributed by atoms with Crippen LogP contribution in [0.2, 0.25) is 0 Å². The average molecular weight is 313 g/mol. The van der Waals surface area contributed by atoms with Crippen molar-refractivity contribution >= 4 is 32.8 Å². The second-order valence-electron chi connectivity index (χ2n) is 5.39. The number of aromatic nitrogens is 4. The molecule has 0 radical (unpaired) electrons. The summed E-state index contributed by atoms with van der Waals surface area (Å²) >= 11 is 0. The van der Waals surface area contributed by atoms with E-state index in [0.29, 0.717) is 24.0 Å². The van der Waals surface area contributed by atoms with Gasteiger partial charge in [-0.1, -0.05) is 0 Å². The fourth-order valence-electron chi connectivity index (χ4n) is 1.92. The van der Waals surface area contributed by atoms with Gasteiger partial charge in [-0.15, -0.1) is 0 Å². The number of anilines is 2. The van der Waals surface area contributed by atoms with Crippen LogP contribution in [0.5, 0.6) is 0 Å². The predicted molar refractivity (Wildman–Crippen MR) is 81.8 cm³/mol. The van der Waals surface area contributed by atoms with Gasteiger partial charge >= 0.3 is 0 Å². The van der Waals surface area contributed by atoms with Crippen LogP contribution in [0, 0.1) is 0 Å². The standard InChI is InChI=1S/C11H19N7O2S/c1-11(2,18-21(4,19)20)6-13-8-7-5-14-17-9(7)16-10(12-3)15-8/h5,18H,6H2,1-4H3,(H3,12,13,14,15,16,17). The normalized spacial score (nSPS) is 12.6. The monoisotopic (exact) mass is 313 g/mol. The summed E-state index contributed by atoms with van der Waals surface area (Å²) in [6.07, 6.45) is 2.75.